The van der Waals surface area contributed by atoms with Crippen LogP contribution in [0, 0.1) is 6.92 Å². The van der Waals surface area contributed by atoms with Gasteiger partial charge in [-0.15, -0.1) is 0 Å². The molecule has 116 valence electrons. The highest BCUT2D eigenvalue weighted by atomic mass is 35.5. The lowest BCUT2D eigenvalue weighted by Crippen LogP contribution is -2.32. The van der Waals surface area contributed by atoms with Gasteiger partial charge in [0.15, 0.2) is 5.76 Å². The van der Waals surface area contributed by atoms with Crippen LogP contribution < -0.4 is 15.4 Å². The van der Waals surface area contributed by atoms with Crippen molar-refractivity contribution in [3.05, 3.63) is 46.9 Å². The molecule has 2 amide bonds. The molecule has 0 atom stereocenters. The summed E-state index contributed by atoms with van der Waals surface area (Å²) < 4.78 is 10.1. The van der Waals surface area contributed by atoms with E-state index in [4.69, 9.17) is 20.8 Å². The van der Waals surface area contributed by atoms with Gasteiger partial charge in [0.25, 0.3) is 5.91 Å². The zero-order valence-electron chi connectivity index (χ0n) is 12.1. The Morgan fingerprint density at radius 3 is 2.77 bits per heavy atom. The van der Waals surface area contributed by atoms with E-state index >= 15 is 0 Å². The van der Waals surface area contributed by atoms with Gasteiger partial charge in [0.2, 0.25) is 5.91 Å². The number of furan rings is 1. The summed E-state index contributed by atoms with van der Waals surface area (Å²) in [4.78, 5) is 23.6. The molecule has 0 fully saturated rings. The maximum Gasteiger partial charge on any atom is 0.287 e. The van der Waals surface area contributed by atoms with Crippen molar-refractivity contribution in [3.8, 4) is 5.75 Å². The van der Waals surface area contributed by atoms with E-state index in [1.54, 1.807) is 18.2 Å². The topological polar surface area (TPSA) is 80.6 Å². The lowest BCUT2D eigenvalue weighted by atomic mass is 10.2. The number of anilines is 1. The fourth-order valence-electron chi connectivity index (χ4n) is 1.78. The third-order valence-corrected chi connectivity index (χ3v) is 3.32. The molecule has 0 radical (unpaired) electrons. The van der Waals surface area contributed by atoms with Crippen LogP contribution in [0.2, 0.25) is 5.02 Å². The smallest absolute Gasteiger partial charge is 0.287 e. The highest BCUT2D eigenvalue weighted by Crippen LogP contribution is 2.30. The number of methoxy groups -OCH3 is 1. The van der Waals surface area contributed by atoms with Crippen molar-refractivity contribution in [2.75, 3.05) is 19.0 Å². The molecule has 1 heterocycles. The maximum absolute atomic E-state index is 11.9. The highest BCUT2D eigenvalue weighted by molar-refractivity contribution is 6.31. The molecule has 1 aromatic carbocycles. The van der Waals surface area contributed by atoms with Crippen LogP contribution in [0.5, 0.6) is 5.75 Å². The molecule has 1 aromatic heterocycles. The summed E-state index contributed by atoms with van der Waals surface area (Å²) in [6.45, 7) is 1.63. The van der Waals surface area contributed by atoms with Crippen LogP contribution in [-0.4, -0.2) is 25.5 Å². The lowest BCUT2D eigenvalue weighted by molar-refractivity contribution is -0.115. The zero-order valence-corrected chi connectivity index (χ0v) is 12.9. The molecule has 0 aliphatic rings. The molecule has 0 aliphatic carbocycles. The molecule has 0 saturated heterocycles. The summed E-state index contributed by atoms with van der Waals surface area (Å²) in [6.07, 6.45) is 1.39. The fourth-order valence-corrected chi connectivity index (χ4v) is 1.93. The van der Waals surface area contributed by atoms with Gasteiger partial charge in [-0.2, -0.15) is 0 Å². The predicted molar refractivity (Wildman–Crippen MR) is 82.4 cm³/mol. The van der Waals surface area contributed by atoms with E-state index < -0.39 is 5.91 Å². The summed E-state index contributed by atoms with van der Waals surface area (Å²) in [6, 6.07) is 6.43. The van der Waals surface area contributed by atoms with Crippen LogP contribution in [-0.2, 0) is 4.79 Å². The summed E-state index contributed by atoms with van der Waals surface area (Å²) in [7, 11) is 1.48. The lowest BCUT2D eigenvalue weighted by Gasteiger charge is -2.12. The maximum atomic E-state index is 11.9. The summed E-state index contributed by atoms with van der Waals surface area (Å²) in [5.74, 6) is -0.256. The summed E-state index contributed by atoms with van der Waals surface area (Å²) in [5.41, 5.74) is 1.29. The van der Waals surface area contributed by atoms with Crippen molar-refractivity contribution in [1.29, 1.82) is 0 Å². The largest absolute Gasteiger partial charge is 0.495 e. The Balaban J connectivity index is 1.97. The Bertz CT molecular complexity index is 683. The number of hydrogen-bond acceptors (Lipinski definition) is 4. The van der Waals surface area contributed by atoms with Crippen molar-refractivity contribution >= 4 is 29.1 Å². The van der Waals surface area contributed by atoms with Crippen LogP contribution >= 0.6 is 11.6 Å². The van der Waals surface area contributed by atoms with Gasteiger partial charge in [0.1, 0.15) is 5.75 Å². The van der Waals surface area contributed by atoms with Crippen LogP contribution in [0.4, 0.5) is 5.69 Å². The molecular weight excluding hydrogens is 308 g/mol. The van der Waals surface area contributed by atoms with Gasteiger partial charge in [-0.25, -0.2) is 0 Å². The molecule has 0 saturated carbocycles. The monoisotopic (exact) mass is 322 g/mol. The Hall–Kier alpha value is -2.47. The Labute approximate surface area is 132 Å². The second-order valence-electron chi connectivity index (χ2n) is 4.51. The van der Waals surface area contributed by atoms with Crippen LogP contribution in [0.1, 0.15) is 16.1 Å². The number of benzene rings is 1. The first-order valence-corrected chi connectivity index (χ1v) is 6.84. The van der Waals surface area contributed by atoms with Crippen molar-refractivity contribution in [3.63, 3.8) is 0 Å². The third kappa shape index (κ3) is 3.79. The number of nitrogens with one attached hydrogen (secondary N) is 2. The highest BCUT2D eigenvalue weighted by Gasteiger charge is 2.13. The second kappa shape index (κ2) is 7.00. The van der Waals surface area contributed by atoms with E-state index in [0.717, 1.165) is 5.56 Å². The first-order chi connectivity index (χ1) is 10.5. The zero-order chi connectivity index (χ0) is 16.1. The number of aryl methyl sites for hydroxylation is 1. The summed E-state index contributed by atoms with van der Waals surface area (Å²) >= 11 is 6.00. The molecule has 7 heteroatoms. The minimum absolute atomic E-state index is 0.146. The van der Waals surface area contributed by atoms with Gasteiger partial charge in [0.05, 0.1) is 25.6 Å². The second-order valence-corrected chi connectivity index (χ2v) is 4.92. The van der Waals surface area contributed by atoms with Gasteiger partial charge < -0.3 is 19.8 Å². The summed E-state index contributed by atoms with van der Waals surface area (Å²) in [5, 5.41) is 5.66. The first kappa shape index (κ1) is 15.9. The van der Waals surface area contributed by atoms with Gasteiger partial charge >= 0.3 is 0 Å². The number of halogens is 1. The molecular formula is C15H15ClN2O4. The minimum atomic E-state index is -0.459. The van der Waals surface area contributed by atoms with Gasteiger partial charge in [-0.05, 0) is 30.7 Å². The molecule has 2 N–H and O–H groups in total. The Morgan fingerprint density at radius 1 is 1.36 bits per heavy atom. The molecule has 0 spiro atoms. The fraction of sp³-hybridized carbons (Fsp3) is 0.200. The van der Waals surface area contributed by atoms with Crippen LogP contribution in [0.25, 0.3) is 0 Å². The normalized spacial score (nSPS) is 10.1. The van der Waals surface area contributed by atoms with Crippen LogP contribution in [0.3, 0.4) is 0 Å². The molecule has 6 nitrogen and oxygen atoms in total. The minimum Gasteiger partial charge on any atom is -0.495 e. The standard InChI is InChI=1S/C15H15ClN2O4/c1-9-6-11(13(21-2)7-10(9)16)18-14(19)8-17-15(20)12-4-3-5-22-12/h3-7H,8H2,1-2H3,(H,17,20)(H,18,19). The average Bonchev–Trinajstić information content (AvgIpc) is 3.02. The van der Waals surface area contributed by atoms with Gasteiger partial charge in [0, 0.05) is 11.1 Å². The number of rotatable bonds is 5. The van der Waals surface area contributed by atoms with E-state index in [1.807, 2.05) is 6.92 Å². The quantitative estimate of drug-likeness (QED) is 0.886. The molecule has 0 aliphatic heterocycles. The number of ether oxygens (including phenoxy) is 1. The van der Waals surface area contributed by atoms with E-state index in [-0.39, 0.29) is 18.2 Å². The molecule has 0 bridgehead atoms. The van der Waals surface area contributed by atoms with E-state index in [0.29, 0.717) is 16.5 Å². The first-order valence-electron chi connectivity index (χ1n) is 6.47. The SMILES string of the molecule is COc1cc(Cl)c(C)cc1NC(=O)CNC(=O)c1ccco1. The number of hydrogen-bond donors (Lipinski definition) is 2. The molecule has 2 aromatic rings. The van der Waals surface area contributed by atoms with Gasteiger partial charge in [-0.3, -0.25) is 9.59 Å². The Kier molecular flexibility index (Phi) is 5.06. The number of carbonyl (C=O) groups excluding carboxylic acids is 2. The van der Waals surface area contributed by atoms with Crippen molar-refractivity contribution in [2.24, 2.45) is 0 Å². The van der Waals surface area contributed by atoms with Gasteiger partial charge in [-0.1, -0.05) is 11.6 Å². The number of amides is 2. The van der Waals surface area contributed by atoms with E-state index in [2.05, 4.69) is 10.6 Å². The molecule has 0 unspecified atom stereocenters. The average molecular weight is 323 g/mol. The number of carbonyl (C=O) groups is 2. The van der Waals surface area contributed by atoms with E-state index in [9.17, 15) is 9.59 Å². The van der Waals surface area contributed by atoms with Crippen LogP contribution in [0.15, 0.2) is 34.9 Å². The Morgan fingerprint density at radius 2 is 2.14 bits per heavy atom. The molecule has 2 rings (SSSR count). The predicted octanol–water partition coefficient (Wildman–Crippen LogP) is 2.62. The van der Waals surface area contributed by atoms with Crippen molar-refractivity contribution in [1.82, 2.24) is 5.32 Å². The van der Waals surface area contributed by atoms with Crippen molar-refractivity contribution < 1.29 is 18.7 Å². The van der Waals surface area contributed by atoms with E-state index in [1.165, 1.54) is 19.4 Å². The third-order valence-electron chi connectivity index (χ3n) is 2.91. The van der Waals surface area contributed by atoms with Crippen molar-refractivity contribution in [2.45, 2.75) is 6.92 Å². The molecule has 22 heavy (non-hydrogen) atoms.